The molecule has 0 aromatic heterocycles. The molecule has 0 radical (unpaired) electrons. The number of nitrogens with one attached hydrogen (secondary N) is 1. The molecule has 5 nitrogen and oxygen atoms in total. The van der Waals surface area contributed by atoms with Crippen molar-refractivity contribution in [2.45, 2.75) is 6.92 Å². The molecule has 1 rings (SSSR count). The van der Waals surface area contributed by atoms with Crippen LogP contribution in [0.25, 0.3) is 0 Å². The van der Waals surface area contributed by atoms with Crippen molar-refractivity contribution in [3.63, 3.8) is 0 Å². The molecule has 1 aromatic carbocycles. The number of rotatable bonds is 3. The zero-order valence-electron chi connectivity index (χ0n) is 9.23. The van der Waals surface area contributed by atoms with Crippen LogP contribution in [0.15, 0.2) is 24.3 Å². The molecule has 0 fully saturated rings. The first-order chi connectivity index (χ1) is 7.50. The van der Waals surface area contributed by atoms with E-state index in [-0.39, 0.29) is 6.54 Å². The second-order valence-corrected chi connectivity index (χ2v) is 3.45. The SMILES string of the molecule is Cc1ccc(N(C)C(=O)NCC(=O)O)cc1. The van der Waals surface area contributed by atoms with E-state index in [0.29, 0.717) is 5.69 Å². The maximum Gasteiger partial charge on any atom is 0.323 e. The van der Waals surface area contributed by atoms with E-state index in [4.69, 9.17) is 5.11 Å². The fourth-order valence-corrected chi connectivity index (χ4v) is 1.16. The number of nitrogens with zero attached hydrogens (tertiary/aromatic N) is 1. The minimum absolute atomic E-state index is 0.380. The molecule has 0 heterocycles. The lowest BCUT2D eigenvalue weighted by molar-refractivity contribution is -0.135. The second-order valence-electron chi connectivity index (χ2n) is 3.45. The number of amides is 2. The smallest absolute Gasteiger partial charge is 0.323 e. The van der Waals surface area contributed by atoms with Crippen molar-refractivity contribution in [2.75, 3.05) is 18.5 Å². The molecule has 5 heteroatoms. The highest BCUT2D eigenvalue weighted by atomic mass is 16.4. The molecule has 0 aliphatic heterocycles. The van der Waals surface area contributed by atoms with Gasteiger partial charge in [0.25, 0.3) is 0 Å². The first-order valence-corrected chi connectivity index (χ1v) is 4.80. The minimum Gasteiger partial charge on any atom is -0.480 e. The van der Waals surface area contributed by atoms with Gasteiger partial charge < -0.3 is 10.4 Å². The third kappa shape index (κ3) is 3.27. The summed E-state index contributed by atoms with van der Waals surface area (Å²) in [5.74, 6) is -1.06. The van der Waals surface area contributed by atoms with Crippen molar-refractivity contribution < 1.29 is 14.7 Å². The molecule has 0 unspecified atom stereocenters. The lowest BCUT2D eigenvalue weighted by Crippen LogP contribution is -2.39. The highest BCUT2D eigenvalue weighted by molar-refractivity contribution is 5.93. The number of carboxylic acid groups (broad SMARTS) is 1. The standard InChI is InChI=1S/C11H14N2O3/c1-8-3-5-9(6-4-8)13(2)11(16)12-7-10(14)15/h3-6H,7H2,1-2H3,(H,12,16)(H,14,15). The third-order valence-corrected chi connectivity index (χ3v) is 2.12. The molecule has 0 atom stereocenters. The molecule has 0 aliphatic rings. The van der Waals surface area contributed by atoms with E-state index in [2.05, 4.69) is 5.32 Å². The number of aryl methyl sites for hydroxylation is 1. The zero-order valence-corrected chi connectivity index (χ0v) is 9.23. The molecule has 0 saturated carbocycles. The Morgan fingerprint density at radius 2 is 1.88 bits per heavy atom. The van der Waals surface area contributed by atoms with Crippen LogP contribution in [0.4, 0.5) is 10.5 Å². The van der Waals surface area contributed by atoms with Crippen molar-refractivity contribution in [1.29, 1.82) is 0 Å². The number of carbonyl (C=O) groups is 2. The van der Waals surface area contributed by atoms with Crippen molar-refractivity contribution in [2.24, 2.45) is 0 Å². The van der Waals surface area contributed by atoms with Gasteiger partial charge in [-0.1, -0.05) is 17.7 Å². The van der Waals surface area contributed by atoms with Crippen LogP contribution < -0.4 is 10.2 Å². The summed E-state index contributed by atoms with van der Waals surface area (Å²) in [6.07, 6.45) is 0. The summed E-state index contributed by atoms with van der Waals surface area (Å²) in [5, 5.41) is 10.7. The maximum absolute atomic E-state index is 11.5. The van der Waals surface area contributed by atoms with Gasteiger partial charge in [-0.25, -0.2) is 4.79 Å². The molecule has 0 spiro atoms. The van der Waals surface area contributed by atoms with Gasteiger partial charge in [-0.3, -0.25) is 9.69 Å². The van der Waals surface area contributed by atoms with Crippen LogP contribution in [0.1, 0.15) is 5.56 Å². The fraction of sp³-hybridized carbons (Fsp3) is 0.273. The van der Waals surface area contributed by atoms with E-state index in [1.807, 2.05) is 19.1 Å². The Hall–Kier alpha value is -2.04. The molecule has 0 aliphatic carbocycles. The molecule has 2 N–H and O–H groups in total. The topological polar surface area (TPSA) is 69.6 Å². The molecule has 2 amide bonds. The van der Waals surface area contributed by atoms with E-state index < -0.39 is 12.0 Å². The van der Waals surface area contributed by atoms with E-state index in [1.54, 1.807) is 19.2 Å². The van der Waals surface area contributed by atoms with Gasteiger partial charge in [0.05, 0.1) is 0 Å². The van der Waals surface area contributed by atoms with Crippen molar-refractivity contribution >= 4 is 17.7 Å². The Bertz CT molecular complexity index is 387. The number of urea groups is 1. The van der Waals surface area contributed by atoms with E-state index in [1.165, 1.54) is 4.90 Å². The van der Waals surface area contributed by atoms with Gasteiger partial charge >= 0.3 is 12.0 Å². The van der Waals surface area contributed by atoms with Gasteiger partial charge in [0, 0.05) is 12.7 Å². The summed E-state index contributed by atoms with van der Waals surface area (Å²) in [5.41, 5.74) is 1.82. The summed E-state index contributed by atoms with van der Waals surface area (Å²) in [6.45, 7) is 1.57. The summed E-state index contributed by atoms with van der Waals surface area (Å²) in [7, 11) is 1.59. The van der Waals surface area contributed by atoms with Crippen LogP contribution in [0.5, 0.6) is 0 Å². The summed E-state index contributed by atoms with van der Waals surface area (Å²) >= 11 is 0. The van der Waals surface area contributed by atoms with Crippen LogP contribution in [-0.4, -0.2) is 30.7 Å². The van der Waals surface area contributed by atoms with Gasteiger partial charge in [-0.05, 0) is 19.1 Å². The molecule has 0 saturated heterocycles. The van der Waals surface area contributed by atoms with Gasteiger partial charge in [0.1, 0.15) is 6.54 Å². The van der Waals surface area contributed by atoms with Gasteiger partial charge in [-0.15, -0.1) is 0 Å². The van der Waals surface area contributed by atoms with E-state index >= 15 is 0 Å². The molecule has 86 valence electrons. The number of benzene rings is 1. The van der Waals surface area contributed by atoms with E-state index in [9.17, 15) is 9.59 Å². The first-order valence-electron chi connectivity index (χ1n) is 4.80. The Kier molecular flexibility index (Phi) is 3.88. The lowest BCUT2D eigenvalue weighted by Gasteiger charge is -2.17. The number of hydrogen-bond donors (Lipinski definition) is 2. The molecular weight excluding hydrogens is 208 g/mol. The number of aliphatic carboxylic acids is 1. The largest absolute Gasteiger partial charge is 0.480 e. The number of carboxylic acids is 1. The Balaban J connectivity index is 2.63. The Morgan fingerprint density at radius 3 is 2.38 bits per heavy atom. The summed E-state index contributed by atoms with van der Waals surface area (Å²) in [6, 6.07) is 6.93. The highest BCUT2D eigenvalue weighted by Gasteiger charge is 2.10. The predicted molar refractivity (Wildman–Crippen MR) is 60.6 cm³/mol. The maximum atomic E-state index is 11.5. The van der Waals surface area contributed by atoms with Gasteiger partial charge in [-0.2, -0.15) is 0 Å². The number of hydrogen-bond acceptors (Lipinski definition) is 2. The predicted octanol–water partition coefficient (Wildman–Crippen LogP) is 1.23. The van der Waals surface area contributed by atoms with Crippen LogP contribution in [0, 0.1) is 6.92 Å². The van der Waals surface area contributed by atoms with Crippen LogP contribution >= 0.6 is 0 Å². The van der Waals surface area contributed by atoms with Crippen molar-refractivity contribution in [3.8, 4) is 0 Å². The number of anilines is 1. The quantitative estimate of drug-likeness (QED) is 0.808. The van der Waals surface area contributed by atoms with Crippen LogP contribution in [0.2, 0.25) is 0 Å². The zero-order chi connectivity index (χ0) is 12.1. The molecular formula is C11H14N2O3. The summed E-state index contributed by atoms with van der Waals surface area (Å²) in [4.78, 5) is 23.1. The van der Waals surface area contributed by atoms with Gasteiger partial charge in [0.2, 0.25) is 0 Å². The fourth-order valence-electron chi connectivity index (χ4n) is 1.16. The monoisotopic (exact) mass is 222 g/mol. The molecule has 1 aromatic rings. The van der Waals surface area contributed by atoms with Crippen LogP contribution in [0.3, 0.4) is 0 Å². The van der Waals surface area contributed by atoms with Gasteiger partial charge in [0.15, 0.2) is 0 Å². The molecule has 16 heavy (non-hydrogen) atoms. The Labute approximate surface area is 93.7 Å². The normalized spacial score (nSPS) is 9.62. The minimum atomic E-state index is -1.06. The number of carbonyl (C=O) groups excluding carboxylic acids is 1. The first kappa shape index (κ1) is 12.0. The third-order valence-electron chi connectivity index (χ3n) is 2.12. The lowest BCUT2D eigenvalue weighted by atomic mass is 10.2. The highest BCUT2D eigenvalue weighted by Crippen LogP contribution is 2.12. The summed E-state index contributed by atoms with van der Waals surface area (Å²) < 4.78 is 0. The van der Waals surface area contributed by atoms with E-state index in [0.717, 1.165) is 5.56 Å². The van der Waals surface area contributed by atoms with Crippen molar-refractivity contribution in [3.05, 3.63) is 29.8 Å². The Morgan fingerprint density at radius 1 is 1.31 bits per heavy atom. The van der Waals surface area contributed by atoms with Crippen LogP contribution in [-0.2, 0) is 4.79 Å². The average Bonchev–Trinajstić information content (AvgIpc) is 2.26. The van der Waals surface area contributed by atoms with Crippen molar-refractivity contribution in [1.82, 2.24) is 5.32 Å². The average molecular weight is 222 g/mol. The molecule has 0 bridgehead atoms. The second kappa shape index (κ2) is 5.16.